The van der Waals surface area contributed by atoms with E-state index in [0.717, 1.165) is 3.57 Å². The Kier molecular flexibility index (Phi) is 3.99. The van der Waals surface area contributed by atoms with Crippen molar-refractivity contribution in [3.05, 3.63) is 27.3 Å². The van der Waals surface area contributed by atoms with Crippen molar-refractivity contribution in [3.63, 3.8) is 0 Å². The predicted octanol–water partition coefficient (Wildman–Crippen LogP) is 2.81. The molecule has 1 rings (SSSR count). The molecule has 0 aromatic heterocycles. The first-order valence-electron chi connectivity index (χ1n) is 3.73. The highest BCUT2D eigenvalue weighted by atomic mass is 127. The lowest BCUT2D eigenvalue weighted by molar-refractivity contribution is 0.0986. The molecule has 0 amide bonds. The number of rotatable bonds is 3. The summed E-state index contributed by atoms with van der Waals surface area (Å²) < 4.78 is 0.900. The molecule has 0 atom stereocenters. The van der Waals surface area contributed by atoms with Crippen LogP contribution in [0.1, 0.15) is 16.8 Å². The number of phenolic OH excluding ortho intramolecular Hbond substituents is 1. The number of benzene rings is 1. The van der Waals surface area contributed by atoms with Crippen LogP contribution in [0, 0.1) is 3.57 Å². The van der Waals surface area contributed by atoms with Crippen LogP contribution in [0.4, 0.5) is 0 Å². The zero-order valence-electron chi connectivity index (χ0n) is 6.76. The van der Waals surface area contributed by atoms with Gasteiger partial charge in [0.2, 0.25) is 0 Å². The van der Waals surface area contributed by atoms with E-state index in [9.17, 15) is 9.90 Å². The SMILES string of the molecule is O=C(CCCl)c1ccc(I)cc1O. The molecule has 1 N–H and O–H groups in total. The van der Waals surface area contributed by atoms with E-state index in [1.54, 1.807) is 18.2 Å². The lowest BCUT2D eigenvalue weighted by Crippen LogP contribution is -2.00. The summed E-state index contributed by atoms with van der Waals surface area (Å²) >= 11 is 7.50. The average Bonchev–Trinajstić information content (AvgIpc) is 2.04. The summed E-state index contributed by atoms with van der Waals surface area (Å²) in [6.45, 7) is 0. The van der Waals surface area contributed by atoms with E-state index in [-0.39, 0.29) is 23.8 Å². The fourth-order valence-electron chi connectivity index (χ4n) is 0.961. The zero-order chi connectivity index (χ0) is 9.84. The third-order valence-corrected chi connectivity index (χ3v) is 2.44. The Balaban J connectivity index is 2.95. The van der Waals surface area contributed by atoms with Crippen molar-refractivity contribution in [2.45, 2.75) is 6.42 Å². The summed E-state index contributed by atoms with van der Waals surface area (Å²) in [6.07, 6.45) is 0.260. The van der Waals surface area contributed by atoms with Crippen LogP contribution in [0.2, 0.25) is 0 Å². The minimum Gasteiger partial charge on any atom is -0.507 e. The Bertz CT molecular complexity index is 325. The van der Waals surface area contributed by atoms with Gasteiger partial charge in [-0.1, -0.05) is 0 Å². The van der Waals surface area contributed by atoms with Gasteiger partial charge in [-0.25, -0.2) is 0 Å². The van der Waals surface area contributed by atoms with Gasteiger partial charge in [0.05, 0.1) is 5.56 Å². The maximum atomic E-state index is 11.3. The number of carbonyl (C=O) groups is 1. The van der Waals surface area contributed by atoms with Crippen LogP contribution in [-0.4, -0.2) is 16.8 Å². The van der Waals surface area contributed by atoms with Crippen molar-refractivity contribution < 1.29 is 9.90 Å². The number of carbonyl (C=O) groups excluding carboxylic acids is 1. The van der Waals surface area contributed by atoms with Crippen molar-refractivity contribution >= 4 is 40.0 Å². The summed E-state index contributed by atoms with van der Waals surface area (Å²) in [5.74, 6) is 0.190. The highest BCUT2D eigenvalue weighted by Gasteiger charge is 2.09. The normalized spacial score (nSPS) is 10.0. The maximum absolute atomic E-state index is 11.3. The number of Topliss-reactive ketones (excluding diaryl/α,β-unsaturated/α-hetero) is 1. The van der Waals surface area contributed by atoms with Crippen LogP contribution in [0.25, 0.3) is 0 Å². The number of hydrogen-bond acceptors (Lipinski definition) is 2. The quantitative estimate of drug-likeness (QED) is 0.529. The summed E-state index contributed by atoms with van der Waals surface area (Å²) in [4.78, 5) is 11.3. The standard InChI is InChI=1S/C9H8ClIO2/c10-4-3-8(12)7-2-1-6(11)5-9(7)13/h1-2,5,13H,3-4H2. The van der Waals surface area contributed by atoms with Gasteiger partial charge in [0, 0.05) is 15.9 Å². The molecule has 0 aliphatic heterocycles. The lowest BCUT2D eigenvalue weighted by Gasteiger charge is -2.02. The number of aromatic hydroxyl groups is 1. The van der Waals surface area contributed by atoms with Crippen molar-refractivity contribution in [2.24, 2.45) is 0 Å². The van der Waals surface area contributed by atoms with Gasteiger partial charge in [-0.2, -0.15) is 0 Å². The molecule has 0 saturated heterocycles. The van der Waals surface area contributed by atoms with Crippen molar-refractivity contribution in [1.82, 2.24) is 0 Å². The van der Waals surface area contributed by atoms with Crippen LogP contribution < -0.4 is 0 Å². The second kappa shape index (κ2) is 4.81. The highest BCUT2D eigenvalue weighted by Crippen LogP contribution is 2.21. The first-order valence-corrected chi connectivity index (χ1v) is 5.34. The fourth-order valence-corrected chi connectivity index (χ4v) is 1.61. The third kappa shape index (κ3) is 2.84. The zero-order valence-corrected chi connectivity index (χ0v) is 9.67. The van der Waals surface area contributed by atoms with E-state index in [0.29, 0.717) is 5.56 Å². The molecule has 70 valence electrons. The number of halogens is 2. The Morgan fingerprint density at radius 3 is 2.77 bits per heavy atom. The first kappa shape index (κ1) is 10.8. The van der Waals surface area contributed by atoms with E-state index < -0.39 is 0 Å². The van der Waals surface area contributed by atoms with Gasteiger partial charge >= 0.3 is 0 Å². The molecular formula is C9H8ClIO2. The third-order valence-electron chi connectivity index (χ3n) is 1.58. The monoisotopic (exact) mass is 310 g/mol. The van der Waals surface area contributed by atoms with E-state index in [2.05, 4.69) is 22.6 Å². The van der Waals surface area contributed by atoms with Gasteiger partial charge in [0.1, 0.15) is 5.75 Å². The van der Waals surface area contributed by atoms with E-state index >= 15 is 0 Å². The molecule has 1 aromatic carbocycles. The molecule has 0 fully saturated rings. The van der Waals surface area contributed by atoms with Crippen LogP contribution in [0.5, 0.6) is 5.75 Å². The molecule has 0 heterocycles. The summed E-state index contributed by atoms with van der Waals surface area (Å²) in [7, 11) is 0. The Morgan fingerprint density at radius 2 is 2.23 bits per heavy atom. The second-order valence-corrected chi connectivity index (χ2v) is 4.15. The molecule has 0 unspecified atom stereocenters. The van der Waals surface area contributed by atoms with Gasteiger partial charge in [-0.3, -0.25) is 4.79 Å². The number of phenols is 1. The summed E-state index contributed by atoms with van der Waals surface area (Å²) in [5.41, 5.74) is 0.348. The van der Waals surface area contributed by atoms with E-state index in [1.807, 2.05) is 0 Å². The maximum Gasteiger partial charge on any atom is 0.167 e. The highest BCUT2D eigenvalue weighted by molar-refractivity contribution is 14.1. The van der Waals surface area contributed by atoms with Gasteiger partial charge in [-0.05, 0) is 40.8 Å². The second-order valence-electron chi connectivity index (χ2n) is 2.52. The minimum absolute atomic E-state index is 0.0296. The number of ketones is 1. The number of hydrogen-bond donors (Lipinski definition) is 1. The molecule has 4 heteroatoms. The van der Waals surface area contributed by atoms with E-state index in [4.69, 9.17) is 11.6 Å². The topological polar surface area (TPSA) is 37.3 Å². The smallest absolute Gasteiger partial charge is 0.167 e. The molecule has 0 saturated carbocycles. The Hall–Kier alpha value is -0.290. The van der Waals surface area contributed by atoms with Crippen molar-refractivity contribution in [2.75, 3.05) is 5.88 Å². The molecule has 0 aliphatic carbocycles. The lowest BCUT2D eigenvalue weighted by atomic mass is 10.1. The predicted molar refractivity (Wildman–Crippen MR) is 60.5 cm³/mol. The molecule has 1 aromatic rings. The minimum atomic E-state index is -0.121. The molecule has 0 aliphatic rings. The van der Waals surface area contributed by atoms with Crippen LogP contribution in [-0.2, 0) is 0 Å². The largest absolute Gasteiger partial charge is 0.507 e. The summed E-state index contributed by atoms with van der Waals surface area (Å²) in [5, 5.41) is 9.42. The Labute approximate surface area is 95.0 Å². The number of alkyl halides is 1. The van der Waals surface area contributed by atoms with Gasteiger partial charge in [0.25, 0.3) is 0 Å². The molecule has 2 nitrogen and oxygen atoms in total. The van der Waals surface area contributed by atoms with Gasteiger partial charge in [0.15, 0.2) is 5.78 Å². The molecule has 13 heavy (non-hydrogen) atoms. The molecule has 0 radical (unpaired) electrons. The van der Waals surface area contributed by atoms with Crippen LogP contribution in [0.3, 0.4) is 0 Å². The molecular weight excluding hydrogens is 302 g/mol. The van der Waals surface area contributed by atoms with Crippen molar-refractivity contribution in [3.8, 4) is 5.75 Å². The molecule has 0 spiro atoms. The Morgan fingerprint density at radius 1 is 1.54 bits per heavy atom. The van der Waals surface area contributed by atoms with Crippen LogP contribution in [0.15, 0.2) is 18.2 Å². The van der Waals surface area contributed by atoms with Crippen LogP contribution >= 0.6 is 34.2 Å². The average molecular weight is 311 g/mol. The van der Waals surface area contributed by atoms with E-state index in [1.165, 1.54) is 0 Å². The fraction of sp³-hybridized carbons (Fsp3) is 0.222. The van der Waals surface area contributed by atoms with Crippen molar-refractivity contribution in [1.29, 1.82) is 0 Å². The first-order chi connectivity index (χ1) is 6.15. The summed E-state index contributed by atoms with van der Waals surface area (Å²) in [6, 6.07) is 4.95. The van der Waals surface area contributed by atoms with Gasteiger partial charge < -0.3 is 5.11 Å². The van der Waals surface area contributed by atoms with Gasteiger partial charge in [-0.15, -0.1) is 11.6 Å². The molecule has 0 bridgehead atoms.